The summed E-state index contributed by atoms with van der Waals surface area (Å²) in [5.41, 5.74) is 2.01. The Morgan fingerprint density at radius 1 is 0.883 bits per heavy atom. The number of fused-ring (bicyclic) bond motifs is 1. The largest absolute Gasteiger partial charge is 0.484 e. The molecule has 2 aliphatic rings. The van der Waals surface area contributed by atoms with Crippen molar-refractivity contribution in [1.82, 2.24) is 40.5 Å². The third kappa shape index (κ3) is 15.5. The zero-order valence-corrected chi connectivity index (χ0v) is 44.2. The molecule has 0 radical (unpaired) electrons. The van der Waals surface area contributed by atoms with Crippen LogP contribution >= 0.6 is 0 Å². The summed E-state index contributed by atoms with van der Waals surface area (Å²) in [5.74, 6) is -0.167. The Bertz CT molecular complexity index is 2910. The number of pyridine rings is 3. The Kier molecular flexibility index (Phi) is 19.2. The number of carbonyl (C=O) groups excluding carboxylic acids is 4. The van der Waals surface area contributed by atoms with Crippen molar-refractivity contribution in [2.75, 3.05) is 82.2 Å². The van der Waals surface area contributed by atoms with E-state index < -0.39 is 23.5 Å². The number of nitrogens with zero attached hydrogens (tertiary/aromatic N) is 9. The molecule has 0 bridgehead atoms. The predicted octanol–water partition coefficient (Wildman–Crippen LogP) is 5.27. The smallest absolute Gasteiger partial charge is 0.326 e. The van der Waals surface area contributed by atoms with Crippen LogP contribution in [0.4, 0.5) is 11.8 Å². The van der Waals surface area contributed by atoms with Gasteiger partial charge in [-0.05, 0) is 75.4 Å². The Morgan fingerprint density at radius 2 is 1.62 bits per heavy atom. The first-order valence-corrected chi connectivity index (χ1v) is 25.3. The maximum absolute atomic E-state index is 13.4. The van der Waals surface area contributed by atoms with E-state index in [0.29, 0.717) is 97.0 Å². The summed E-state index contributed by atoms with van der Waals surface area (Å²) in [6, 6.07) is 17.8. The first kappa shape index (κ1) is 56.6. The number of carboxylic acids is 1. The number of aromatic nitrogens is 5. The molecular formula is C55H65N11O11. The van der Waals surface area contributed by atoms with Gasteiger partial charge in [0.05, 0.1) is 55.4 Å². The van der Waals surface area contributed by atoms with Crippen molar-refractivity contribution in [3.8, 4) is 34.7 Å². The highest BCUT2D eigenvalue weighted by atomic mass is 16.5. The van der Waals surface area contributed by atoms with E-state index in [2.05, 4.69) is 36.6 Å². The van der Waals surface area contributed by atoms with E-state index in [-0.39, 0.29) is 86.6 Å². The van der Waals surface area contributed by atoms with Crippen LogP contribution in [0, 0.1) is 16.7 Å². The summed E-state index contributed by atoms with van der Waals surface area (Å²) in [7, 11) is 0. The molecule has 5 aromatic rings. The van der Waals surface area contributed by atoms with Gasteiger partial charge >= 0.3 is 5.97 Å². The molecule has 1 fully saturated rings. The average Bonchev–Trinajstić information content (AvgIpc) is 3.65. The molecule has 6 heterocycles. The zero-order valence-electron chi connectivity index (χ0n) is 44.2. The van der Waals surface area contributed by atoms with E-state index in [1.807, 2.05) is 57.4 Å². The number of hydrogen-bond donors (Lipinski definition) is 3. The van der Waals surface area contributed by atoms with Gasteiger partial charge in [0.25, 0.3) is 11.8 Å². The number of ketones is 1. The maximum atomic E-state index is 13.4. The van der Waals surface area contributed by atoms with Crippen LogP contribution in [-0.2, 0) is 35.1 Å². The van der Waals surface area contributed by atoms with Crippen molar-refractivity contribution in [2.45, 2.75) is 78.6 Å². The number of carboxylic acid groups (broad SMARTS) is 1. The van der Waals surface area contributed by atoms with Crippen molar-refractivity contribution in [3.05, 3.63) is 108 Å². The fraction of sp³-hybridized carbons (Fsp3) is 0.436. The minimum atomic E-state index is -1.10. The van der Waals surface area contributed by atoms with Gasteiger partial charge in [-0.1, -0.05) is 32.9 Å². The van der Waals surface area contributed by atoms with Crippen molar-refractivity contribution < 1.29 is 52.8 Å². The Labute approximate surface area is 447 Å². The third-order valence-electron chi connectivity index (χ3n) is 12.8. The molecule has 3 N–H and O–H groups in total. The summed E-state index contributed by atoms with van der Waals surface area (Å²) in [5, 5.41) is 24.5. The lowest BCUT2D eigenvalue weighted by Crippen LogP contribution is -2.55. The highest BCUT2D eigenvalue weighted by molar-refractivity contribution is 6.13. The monoisotopic (exact) mass is 1060 g/mol. The normalized spacial score (nSPS) is 15.3. The van der Waals surface area contributed by atoms with Crippen LogP contribution in [0.3, 0.4) is 0 Å². The van der Waals surface area contributed by atoms with Gasteiger partial charge < -0.3 is 54.1 Å². The van der Waals surface area contributed by atoms with Crippen LogP contribution in [0.5, 0.6) is 17.4 Å². The second-order valence-corrected chi connectivity index (χ2v) is 20.2. The molecule has 4 aromatic heterocycles. The average molecular weight is 1060 g/mol. The number of Topliss-reactive ketones (excluding diaryl/α,β-unsaturated/α-hetero) is 1. The van der Waals surface area contributed by atoms with Gasteiger partial charge in [-0.25, -0.2) is 29.7 Å². The van der Waals surface area contributed by atoms with Gasteiger partial charge in [0, 0.05) is 86.8 Å². The minimum absolute atomic E-state index is 0.0563. The van der Waals surface area contributed by atoms with E-state index in [0.717, 1.165) is 0 Å². The number of amides is 3. The SMILES string of the molecule is C[C@@H]1CN(c2ncc(-c3ccc4c(n3)N(Cc3cccnc3C#N)C(C)(C)C4=O)cn2)CCN1C(=O)COCCOCCOCCNC(=O)COc1cccc(Oc2ccc(C(=O)N[C@@H](CCC(C)(C)C)C(=O)O)cn2)c1. The zero-order chi connectivity index (χ0) is 55.1. The number of anilines is 2. The number of ether oxygens (including phenoxy) is 5. The summed E-state index contributed by atoms with van der Waals surface area (Å²) >= 11 is 0. The lowest BCUT2D eigenvalue weighted by Gasteiger charge is -2.39. The van der Waals surface area contributed by atoms with Crippen LogP contribution in [-0.4, -0.2) is 154 Å². The molecule has 22 heteroatoms. The van der Waals surface area contributed by atoms with Gasteiger partial charge in [-0.2, -0.15) is 5.26 Å². The molecule has 0 aliphatic carbocycles. The van der Waals surface area contributed by atoms with Gasteiger partial charge in [0.15, 0.2) is 12.4 Å². The molecular weight excluding hydrogens is 991 g/mol. The number of hydrogen-bond acceptors (Lipinski definition) is 18. The number of nitrogens with one attached hydrogen (secondary N) is 2. The molecule has 22 nitrogen and oxygen atoms in total. The summed E-state index contributed by atoms with van der Waals surface area (Å²) in [4.78, 5) is 91.6. The number of benzene rings is 1. The van der Waals surface area contributed by atoms with Gasteiger partial charge in [0.2, 0.25) is 17.7 Å². The molecule has 0 unspecified atom stereocenters. The highest BCUT2D eigenvalue weighted by Gasteiger charge is 2.45. The number of aliphatic carboxylic acids is 1. The molecule has 1 aromatic carbocycles. The van der Waals surface area contributed by atoms with Crippen LogP contribution in [0.25, 0.3) is 11.3 Å². The first-order chi connectivity index (χ1) is 36.9. The number of carbonyl (C=O) groups is 5. The lowest BCUT2D eigenvalue weighted by molar-refractivity contribution is -0.140. The molecule has 2 aliphatic heterocycles. The summed E-state index contributed by atoms with van der Waals surface area (Å²) in [6.45, 7) is 14.8. The predicted molar refractivity (Wildman–Crippen MR) is 281 cm³/mol. The summed E-state index contributed by atoms with van der Waals surface area (Å²) in [6.07, 6.45) is 7.20. The molecule has 2 atom stereocenters. The molecule has 7 rings (SSSR count). The standard InChI is InChI=1S/C55H65N11O11/c1-36-32-64(53-60-30-39(31-61-53)43-14-13-42-49(69)55(5,6)66(50(42)62-43)33-38-9-8-18-57-45(38)28-56)20-21-65(36)48(68)35-75-26-25-74-24-23-73-22-19-58-46(67)34-76-40-10-7-11-41(27-40)77-47-15-12-37(29-59-47)51(70)63-44(52(71)72)16-17-54(2,3)4/h7-15,18,27,29-31,36,44H,16-17,19-26,32-35H2,1-6H3,(H,58,67)(H,63,70)(H,71,72)/t36-,44+/m1/s1. The molecule has 0 saturated carbocycles. The van der Waals surface area contributed by atoms with Crippen LogP contribution in [0.15, 0.2) is 85.5 Å². The van der Waals surface area contributed by atoms with Crippen molar-refractivity contribution in [2.24, 2.45) is 5.41 Å². The van der Waals surface area contributed by atoms with E-state index in [1.165, 1.54) is 18.3 Å². The fourth-order valence-corrected chi connectivity index (χ4v) is 8.49. The second kappa shape index (κ2) is 26.1. The quantitative estimate of drug-likeness (QED) is 0.0628. The molecule has 1 saturated heterocycles. The number of nitriles is 1. The van der Waals surface area contributed by atoms with E-state index in [4.69, 9.17) is 28.7 Å². The fourth-order valence-electron chi connectivity index (χ4n) is 8.49. The molecule has 0 spiro atoms. The van der Waals surface area contributed by atoms with E-state index >= 15 is 0 Å². The van der Waals surface area contributed by atoms with Crippen molar-refractivity contribution in [3.63, 3.8) is 0 Å². The molecule has 406 valence electrons. The van der Waals surface area contributed by atoms with Crippen molar-refractivity contribution in [1.29, 1.82) is 5.26 Å². The summed E-state index contributed by atoms with van der Waals surface area (Å²) < 4.78 is 28.2. The van der Waals surface area contributed by atoms with Crippen LogP contribution in [0.1, 0.15) is 86.4 Å². The number of piperazine rings is 1. The van der Waals surface area contributed by atoms with Crippen LogP contribution < -0.4 is 29.9 Å². The topological polar surface area (TPSA) is 274 Å². The Balaban J connectivity index is 0.728. The Hall–Kier alpha value is -8.13. The minimum Gasteiger partial charge on any atom is -0.484 e. The maximum Gasteiger partial charge on any atom is 0.326 e. The Morgan fingerprint density at radius 3 is 2.32 bits per heavy atom. The van der Waals surface area contributed by atoms with Gasteiger partial charge in [-0.15, -0.1) is 0 Å². The third-order valence-corrected chi connectivity index (χ3v) is 12.8. The van der Waals surface area contributed by atoms with Gasteiger partial charge in [0.1, 0.15) is 41.7 Å². The van der Waals surface area contributed by atoms with E-state index in [1.54, 1.807) is 66.0 Å². The molecule has 3 amide bonds. The highest BCUT2D eigenvalue weighted by Crippen LogP contribution is 2.40. The van der Waals surface area contributed by atoms with Gasteiger partial charge in [-0.3, -0.25) is 19.2 Å². The lowest BCUT2D eigenvalue weighted by atomic mass is 9.88. The van der Waals surface area contributed by atoms with Crippen LogP contribution in [0.2, 0.25) is 0 Å². The van der Waals surface area contributed by atoms with Crippen molar-refractivity contribution >= 4 is 41.2 Å². The second-order valence-electron chi connectivity index (χ2n) is 20.2. The first-order valence-electron chi connectivity index (χ1n) is 25.3. The van der Waals surface area contributed by atoms with E-state index in [9.17, 15) is 34.3 Å². The molecule has 77 heavy (non-hydrogen) atoms. The number of rotatable bonds is 25.